The van der Waals surface area contributed by atoms with Crippen LogP contribution in [0.3, 0.4) is 0 Å². The van der Waals surface area contributed by atoms with E-state index in [1.165, 1.54) is 0 Å². The summed E-state index contributed by atoms with van der Waals surface area (Å²) in [5, 5.41) is 0. The monoisotopic (exact) mass is 298 g/mol. The molecule has 0 aliphatic carbocycles. The summed E-state index contributed by atoms with van der Waals surface area (Å²) >= 11 is 0. The SMILES string of the molecule is CCOP(=O)(OCC)C1C(=O)c2ccccc2OC1C. The molecule has 2 atom stereocenters. The molecule has 110 valence electrons. The average Bonchev–Trinajstić information content (AvgIpc) is 2.39. The van der Waals surface area contributed by atoms with Gasteiger partial charge in [-0.1, -0.05) is 12.1 Å². The molecule has 0 radical (unpaired) electrons. The van der Waals surface area contributed by atoms with Gasteiger partial charge in [-0.2, -0.15) is 0 Å². The summed E-state index contributed by atoms with van der Waals surface area (Å²) in [7, 11) is -3.54. The van der Waals surface area contributed by atoms with Crippen molar-refractivity contribution < 1.29 is 23.1 Å². The van der Waals surface area contributed by atoms with Crippen LogP contribution in [0.1, 0.15) is 31.1 Å². The van der Waals surface area contributed by atoms with E-state index in [1.807, 2.05) is 0 Å². The molecule has 1 heterocycles. The molecule has 1 aliphatic heterocycles. The third-order valence-corrected chi connectivity index (χ3v) is 5.71. The number of ether oxygens (including phenoxy) is 1. The summed E-state index contributed by atoms with van der Waals surface area (Å²) in [6.07, 6.45) is -0.554. The van der Waals surface area contributed by atoms with Gasteiger partial charge in [0.15, 0.2) is 11.4 Å². The van der Waals surface area contributed by atoms with E-state index in [2.05, 4.69) is 0 Å². The van der Waals surface area contributed by atoms with Crippen molar-refractivity contribution in [3.05, 3.63) is 29.8 Å². The molecule has 0 N–H and O–H groups in total. The van der Waals surface area contributed by atoms with Crippen molar-refractivity contribution in [1.82, 2.24) is 0 Å². The Morgan fingerprint density at radius 2 is 1.80 bits per heavy atom. The summed E-state index contributed by atoms with van der Waals surface area (Å²) in [4.78, 5) is 12.6. The van der Waals surface area contributed by atoms with Crippen molar-refractivity contribution in [2.75, 3.05) is 13.2 Å². The molecular formula is C14H19O5P. The third kappa shape index (κ3) is 2.66. The minimum absolute atomic E-state index is 0.218. The Hall–Kier alpha value is -1.16. The van der Waals surface area contributed by atoms with E-state index in [0.29, 0.717) is 11.3 Å². The molecule has 2 rings (SSSR count). The maximum atomic E-state index is 12.9. The zero-order chi connectivity index (χ0) is 14.8. The number of hydrogen-bond acceptors (Lipinski definition) is 5. The van der Waals surface area contributed by atoms with Crippen LogP contribution in [0.5, 0.6) is 5.75 Å². The van der Waals surface area contributed by atoms with Crippen LogP contribution in [0.4, 0.5) is 0 Å². The summed E-state index contributed by atoms with van der Waals surface area (Å²) in [5.41, 5.74) is -0.493. The van der Waals surface area contributed by atoms with Crippen LogP contribution in [-0.4, -0.2) is 30.8 Å². The van der Waals surface area contributed by atoms with Crippen LogP contribution in [0.2, 0.25) is 0 Å². The Morgan fingerprint density at radius 1 is 1.20 bits per heavy atom. The van der Waals surface area contributed by atoms with E-state index in [0.717, 1.165) is 0 Å². The fraction of sp³-hybridized carbons (Fsp3) is 0.500. The smallest absolute Gasteiger partial charge is 0.345 e. The lowest BCUT2D eigenvalue weighted by atomic mass is 10.0. The molecule has 2 unspecified atom stereocenters. The van der Waals surface area contributed by atoms with E-state index in [-0.39, 0.29) is 19.0 Å². The van der Waals surface area contributed by atoms with Gasteiger partial charge in [0.2, 0.25) is 0 Å². The van der Waals surface area contributed by atoms with Gasteiger partial charge in [-0.05, 0) is 32.9 Å². The number of rotatable bonds is 5. The fourth-order valence-electron chi connectivity index (χ4n) is 2.37. The van der Waals surface area contributed by atoms with Crippen molar-refractivity contribution in [3.63, 3.8) is 0 Å². The largest absolute Gasteiger partial charge is 0.489 e. The van der Waals surface area contributed by atoms with Gasteiger partial charge in [0.1, 0.15) is 11.9 Å². The second-order valence-corrected chi connectivity index (χ2v) is 6.66. The normalized spacial score (nSPS) is 22.2. The second kappa shape index (κ2) is 6.08. The highest BCUT2D eigenvalue weighted by Gasteiger charge is 2.49. The van der Waals surface area contributed by atoms with E-state index in [4.69, 9.17) is 13.8 Å². The highest BCUT2D eigenvalue weighted by molar-refractivity contribution is 7.56. The first-order valence-corrected chi connectivity index (χ1v) is 8.33. The van der Waals surface area contributed by atoms with Crippen molar-refractivity contribution in [3.8, 4) is 5.75 Å². The first kappa shape index (κ1) is 15.2. The summed E-state index contributed by atoms with van der Waals surface area (Å²) in [5.74, 6) is 0.269. The summed E-state index contributed by atoms with van der Waals surface area (Å²) in [6, 6.07) is 6.94. The van der Waals surface area contributed by atoms with Crippen LogP contribution in [-0.2, 0) is 13.6 Å². The van der Waals surface area contributed by atoms with Crippen molar-refractivity contribution >= 4 is 13.4 Å². The number of carbonyl (C=O) groups is 1. The Balaban J connectivity index is 2.41. The van der Waals surface area contributed by atoms with E-state index < -0.39 is 19.4 Å². The standard InChI is InChI=1S/C14H19O5P/c1-4-17-20(16,18-5-2)14-10(3)19-12-9-7-6-8-11(12)13(14)15/h6-10,14H,4-5H2,1-3H3. The van der Waals surface area contributed by atoms with Gasteiger partial charge >= 0.3 is 7.60 Å². The predicted molar refractivity (Wildman–Crippen MR) is 75.5 cm³/mol. The number of benzene rings is 1. The van der Waals surface area contributed by atoms with E-state index in [1.54, 1.807) is 45.0 Å². The second-order valence-electron chi connectivity index (χ2n) is 4.50. The zero-order valence-electron chi connectivity index (χ0n) is 11.9. The molecule has 1 aromatic rings. The Labute approximate surface area is 118 Å². The molecule has 0 amide bonds. The first-order chi connectivity index (χ1) is 9.53. The Bertz CT molecular complexity index is 532. The molecule has 0 saturated heterocycles. The van der Waals surface area contributed by atoms with Gasteiger partial charge < -0.3 is 13.8 Å². The zero-order valence-corrected chi connectivity index (χ0v) is 12.8. The van der Waals surface area contributed by atoms with Crippen LogP contribution >= 0.6 is 7.60 Å². The molecular weight excluding hydrogens is 279 g/mol. The number of Topliss-reactive ketones (excluding diaryl/α,β-unsaturated/α-hetero) is 1. The van der Waals surface area contributed by atoms with Crippen molar-refractivity contribution in [1.29, 1.82) is 0 Å². The Morgan fingerprint density at radius 3 is 2.40 bits per heavy atom. The molecule has 1 aromatic carbocycles. The predicted octanol–water partition coefficient (Wildman–Crippen LogP) is 3.28. The van der Waals surface area contributed by atoms with Gasteiger partial charge in [0.05, 0.1) is 18.8 Å². The minimum atomic E-state index is -3.54. The van der Waals surface area contributed by atoms with Gasteiger partial charge in [-0.25, -0.2) is 0 Å². The molecule has 0 saturated carbocycles. The van der Waals surface area contributed by atoms with Crippen LogP contribution in [0.25, 0.3) is 0 Å². The number of carbonyl (C=O) groups excluding carboxylic acids is 1. The number of ketones is 1. The fourth-order valence-corrected chi connectivity index (χ4v) is 4.49. The van der Waals surface area contributed by atoms with Gasteiger partial charge in [-0.3, -0.25) is 9.36 Å². The lowest BCUT2D eigenvalue weighted by molar-refractivity contribution is 0.0835. The van der Waals surface area contributed by atoms with Crippen LogP contribution < -0.4 is 4.74 Å². The maximum Gasteiger partial charge on any atom is 0.345 e. The van der Waals surface area contributed by atoms with Crippen molar-refractivity contribution in [2.24, 2.45) is 0 Å². The lowest BCUT2D eigenvalue weighted by Crippen LogP contribution is -2.41. The number of hydrogen-bond donors (Lipinski definition) is 0. The van der Waals surface area contributed by atoms with Crippen molar-refractivity contribution in [2.45, 2.75) is 32.5 Å². The maximum absolute atomic E-state index is 12.9. The average molecular weight is 298 g/mol. The van der Waals surface area contributed by atoms with Gasteiger partial charge in [-0.15, -0.1) is 0 Å². The first-order valence-electron chi connectivity index (χ1n) is 6.72. The van der Waals surface area contributed by atoms with Crippen LogP contribution in [0, 0.1) is 0 Å². The number of fused-ring (bicyclic) bond motifs is 1. The topological polar surface area (TPSA) is 61.8 Å². The highest BCUT2D eigenvalue weighted by Crippen LogP contribution is 2.57. The summed E-state index contributed by atoms with van der Waals surface area (Å²) in [6.45, 7) is 5.59. The quantitative estimate of drug-likeness (QED) is 0.781. The molecule has 20 heavy (non-hydrogen) atoms. The molecule has 0 bridgehead atoms. The third-order valence-electron chi connectivity index (χ3n) is 3.14. The minimum Gasteiger partial charge on any atom is -0.489 e. The Kier molecular flexibility index (Phi) is 4.63. The van der Waals surface area contributed by atoms with Gasteiger partial charge in [0, 0.05) is 0 Å². The molecule has 6 heteroatoms. The molecule has 0 aromatic heterocycles. The molecule has 0 spiro atoms. The van der Waals surface area contributed by atoms with Gasteiger partial charge in [0.25, 0.3) is 0 Å². The molecule has 1 aliphatic rings. The van der Waals surface area contributed by atoms with E-state index >= 15 is 0 Å². The molecule has 5 nitrogen and oxygen atoms in total. The summed E-state index contributed by atoms with van der Waals surface area (Å²) < 4.78 is 29.1. The number of para-hydroxylation sites is 1. The van der Waals surface area contributed by atoms with E-state index in [9.17, 15) is 9.36 Å². The van der Waals surface area contributed by atoms with Crippen LogP contribution in [0.15, 0.2) is 24.3 Å². The lowest BCUT2D eigenvalue weighted by Gasteiger charge is -2.33. The molecule has 0 fully saturated rings. The highest BCUT2D eigenvalue weighted by atomic mass is 31.2.